The fraction of sp³-hybridized carbons (Fsp3) is 0.0667. The fourth-order valence-corrected chi connectivity index (χ4v) is 3.20. The summed E-state index contributed by atoms with van der Waals surface area (Å²) in [5.41, 5.74) is 2.04. The molecule has 0 amide bonds. The van der Waals surface area contributed by atoms with Crippen LogP contribution in [0.1, 0.15) is 5.56 Å². The molecule has 0 saturated heterocycles. The smallest absolute Gasteiger partial charge is 0.210 e. The SMILES string of the molecule is Nn1c(SCc2ccc(Br)cc2)nnc1-c1cccc(Cl)c1. The molecular formula is C15H12BrClN4S. The summed E-state index contributed by atoms with van der Waals surface area (Å²) >= 11 is 11.0. The highest BCUT2D eigenvalue weighted by atomic mass is 79.9. The van der Waals surface area contributed by atoms with Gasteiger partial charge in [-0.2, -0.15) is 0 Å². The van der Waals surface area contributed by atoms with E-state index in [0.29, 0.717) is 16.0 Å². The van der Waals surface area contributed by atoms with Gasteiger partial charge in [0.25, 0.3) is 0 Å². The molecule has 7 heteroatoms. The Morgan fingerprint density at radius 1 is 1.14 bits per heavy atom. The summed E-state index contributed by atoms with van der Waals surface area (Å²) in [7, 11) is 0. The molecule has 2 N–H and O–H groups in total. The maximum absolute atomic E-state index is 6.09. The van der Waals surface area contributed by atoms with Crippen LogP contribution in [-0.2, 0) is 5.75 Å². The van der Waals surface area contributed by atoms with E-state index in [1.54, 1.807) is 11.8 Å². The van der Waals surface area contributed by atoms with Crippen LogP contribution in [-0.4, -0.2) is 14.9 Å². The minimum Gasteiger partial charge on any atom is -0.335 e. The van der Waals surface area contributed by atoms with E-state index in [-0.39, 0.29) is 0 Å². The lowest BCUT2D eigenvalue weighted by Crippen LogP contribution is -2.11. The number of nitrogens with two attached hydrogens (primary N) is 1. The van der Waals surface area contributed by atoms with Crippen LogP contribution in [0, 0.1) is 0 Å². The van der Waals surface area contributed by atoms with Crippen molar-refractivity contribution in [1.82, 2.24) is 14.9 Å². The number of hydrogen-bond donors (Lipinski definition) is 1. The average Bonchev–Trinajstić information content (AvgIpc) is 2.88. The largest absolute Gasteiger partial charge is 0.335 e. The molecule has 0 aliphatic carbocycles. The Bertz CT molecular complexity index is 788. The van der Waals surface area contributed by atoms with Crippen LogP contribution in [0.5, 0.6) is 0 Å². The Hall–Kier alpha value is -1.50. The van der Waals surface area contributed by atoms with E-state index in [2.05, 4.69) is 38.3 Å². The van der Waals surface area contributed by atoms with Crippen molar-refractivity contribution in [2.45, 2.75) is 10.9 Å². The van der Waals surface area contributed by atoms with E-state index in [1.807, 2.05) is 36.4 Å². The normalized spacial score (nSPS) is 10.8. The van der Waals surface area contributed by atoms with Gasteiger partial charge in [0.05, 0.1) is 0 Å². The first-order valence-corrected chi connectivity index (χ1v) is 8.63. The maximum Gasteiger partial charge on any atom is 0.210 e. The predicted octanol–water partition coefficient (Wildman–Crippen LogP) is 4.37. The predicted molar refractivity (Wildman–Crippen MR) is 94.3 cm³/mol. The highest BCUT2D eigenvalue weighted by molar-refractivity contribution is 9.10. The van der Waals surface area contributed by atoms with Crippen LogP contribution < -0.4 is 5.84 Å². The van der Waals surface area contributed by atoms with Gasteiger partial charge in [-0.15, -0.1) is 10.2 Å². The molecule has 0 spiro atoms. The van der Waals surface area contributed by atoms with E-state index >= 15 is 0 Å². The van der Waals surface area contributed by atoms with Gasteiger partial charge in [0, 0.05) is 20.8 Å². The molecule has 0 radical (unpaired) electrons. The van der Waals surface area contributed by atoms with Gasteiger partial charge >= 0.3 is 0 Å². The van der Waals surface area contributed by atoms with Crippen LogP contribution >= 0.6 is 39.3 Å². The summed E-state index contributed by atoms with van der Waals surface area (Å²) < 4.78 is 2.56. The molecule has 3 aromatic rings. The number of thioether (sulfide) groups is 1. The topological polar surface area (TPSA) is 56.7 Å². The van der Waals surface area contributed by atoms with Gasteiger partial charge in [0.15, 0.2) is 5.82 Å². The zero-order valence-electron chi connectivity index (χ0n) is 11.4. The first kappa shape index (κ1) is 15.4. The third kappa shape index (κ3) is 3.45. The molecule has 1 aromatic heterocycles. The van der Waals surface area contributed by atoms with E-state index < -0.39 is 0 Å². The second-order valence-corrected chi connectivity index (χ2v) is 6.90. The summed E-state index contributed by atoms with van der Waals surface area (Å²) in [5, 5.41) is 9.62. The van der Waals surface area contributed by atoms with Crippen LogP contribution in [0.15, 0.2) is 58.2 Å². The van der Waals surface area contributed by atoms with Crippen molar-refractivity contribution < 1.29 is 0 Å². The standard InChI is InChI=1S/C15H12BrClN4S/c16-12-6-4-10(5-7-12)9-22-15-20-19-14(21(15)18)11-2-1-3-13(17)8-11/h1-8H,9,18H2. The zero-order valence-corrected chi connectivity index (χ0v) is 14.6. The van der Waals surface area contributed by atoms with Gasteiger partial charge in [-0.3, -0.25) is 0 Å². The molecule has 4 nitrogen and oxygen atoms in total. The van der Waals surface area contributed by atoms with E-state index in [9.17, 15) is 0 Å². The molecule has 3 rings (SSSR count). The quantitative estimate of drug-likeness (QED) is 0.526. The minimum absolute atomic E-state index is 0.598. The highest BCUT2D eigenvalue weighted by Gasteiger charge is 2.12. The maximum atomic E-state index is 6.09. The zero-order chi connectivity index (χ0) is 15.5. The van der Waals surface area contributed by atoms with Crippen molar-refractivity contribution in [1.29, 1.82) is 0 Å². The molecule has 0 fully saturated rings. The van der Waals surface area contributed by atoms with Crippen molar-refractivity contribution in [3.05, 3.63) is 63.6 Å². The highest BCUT2D eigenvalue weighted by Crippen LogP contribution is 2.26. The van der Waals surface area contributed by atoms with Crippen molar-refractivity contribution >= 4 is 39.3 Å². The molecule has 1 heterocycles. The second-order valence-electron chi connectivity index (χ2n) is 4.60. The molecule has 0 aliphatic rings. The van der Waals surface area contributed by atoms with Crippen LogP contribution in [0.25, 0.3) is 11.4 Å². The fourth-order valence-electron chi connectivity index (χ4n) is 1.93. The number of nitrogens with zero attached hydrogens (tertiary/aromatic N) is 3. The Morgan fingerprint density at radius 3 is 2.64 bits per heavy atom. The molecule has 0 atom stereocenters. The molecular weight excluding hydrogens is 384 g/mol. The van der Waals surface area contributed by atoms with Crippen molar-refractivity contribution in [2.24, 2.45) is 0 Å². The lowest BCUT2D eigenvalue weighted by Gasteiger charge is -2.04. The van der Waals surface area contributed by atoms with E-state index in [0.717, 1.165) is 15.8 Å². The monoisotopic (exact) mass is 394 g/mol. The molecule has 0 unspecified atom stereocenters. The van der Waals surface area contributed by atoms with Crippen molar-refractivity contribution in [2.75, 3.05) is 5.84 Å². The number of benzene rings is 2. The first-order chi connectivity index (χ1) is 10.6. The van der Waals surface area contributed by atoms with Gasteiger partial charge in [0.2, 0.25) is 5.16 Å². The molecule has 0 saturated carbocycles. The molecule has 112 valence electrons. The molecule has 0 aliphatic heterocycles. The van der Waals surface area contributed by atoms with Crippen molar-refractivity contribution in [3.63, 3.8) is 0 Å². The lowest BCUT2D eigenvalue weighted by atomic mass is 10.2. The molecule has 2 aromatic carbocycles. The number of nitrogen functional groups attached to an aromatic ring is 1. The van der Waals surface area contributed by atoms with Crippen LogP contribution in [0.3, 0.4) is 0 Å². The summed E-state index contributed by atoms with van der Waals surface area (Å²) in [5.74, 6) is 7.47. The molecule has 0 bridgehead atoms. The Labute approximate surface area is 145 Å². The van der Waals surface area contributed by atoms with Gasteiger partial charge in [-0.05, 0) is 29.8 Å². The number of rotatable bonds is 4. The lowest BCUT2D eigenvalue weighted by molar-refractivity contribution is 0.849. The molecule has 22 heavy (non-hydrogen) atoms. The Morgan fingerprint density at radius 2 is 1.91 bits per heavy atom. The van der Waals surface area contributed by atoms with Crippen LogP contribution in [0.2, 0.25) is 5.02 Å². The summed E-state index contributed by atoms with van der Waals surface area (Å²) in [6.45, 7) is 0. The summed E-state index contributed by atoms with van der Waals surface area (Å²) in [6.07, 6.45) is 0. The summed E-state index contributed by atoms with van der Waals surface area (Å²) in [4.78, 5) is 0. The number of aromatic nitrogens is 3. The van der Waals surface area contributed by atoms with Gasteiger partial charge in [-0.1, -0.05) is 63.6 Å². The third-order valence-corrected chi connectivity index (χ3v) is 4.81. The van der Waals surface area contributed by atoms with Crippen molar-refractivity contribution in [3.8, 4) is 11.4 Å². The van der Waals surface area contributed by atoms with E-state index in [1.165, 1.54) is 10.2 Å². The second kappa shape index (κ2) is 6.73. The Balaban J connectivity index is 1.77. The number of hydrogen-bond acceptors (Lipinski definition) is 4. The van der Waals surface area contributed by atoms with E-state index in [4.69, 9.17) is 17.4 Å². The third-order valence-electron chi connectivity index (χ3n) is 3.03. The Kier molecular flexibility index (Phi) is 4.71. The van der Waals surface area contributed by atoms with Gasteiger partial charge in [-0.25, -0.2) is 4.68 Å². The summed E-state index contributed by atoms with van der Waals surface area (Å²) in [6, 6.07) is 15.5. The van der Waals surface area contributed by atoms with Crippen LogP contribution in [0.4, 0.5) is 0 Å². The van der Waals surface area contributed by atoms with Gasteiger partial charge in [0.1, 0.15) is 0 Å². The van der Waals surface area contributed by atoms with Gasteiger partial charge < -0.3 is 5.84 Å². The minimum atomic E-state index is 0.598. The first-order valence-electron chi connectivity index (χ1n) is 6.47. The average molecular weight is 396 g/mol. The number of halogens is 2.